The number of pyridine rings is 1. The molecule has 0 aliphatic rings. The molecule has 1 aromatic heterocycles. The third-order valence-corrected chi connectivity index (χ3v) is 3.85. The number of nitrogens with one attached hydrogen (secondary N) is 1. The minimum Gasteiger partial charge on any atom is -0.507 e. The van der Waals surface area contributed by atoms with E-state index in [9.17, 15) is 9.90 Å². The highest BCUT2D eigenvalue weighted by atomic mass is 35.5. The second-order valence-electron chi connectivity index (χ2n) is 5.23. The summed E-state index contributed by atoms with van der Waals surface area (Å²) in [6, 6.07) is 13.9. The molecule has 1 heterocycles. The summed E-state index contributed by atoms with van der Waals surface area (Å²) >= 11 is 6.18. The van der Waals surface area contributed by atoms with E-state index in [0.29, 0.717) is 10.7 Å². The van der Waals surface area contributed by atoms with Crippen LogP contribution in [0.1, 0.15) is 21.5 Å². The summed E-state index contributed by atoms with van der Waals surface area (Å²) in [6.07, 6.45) is 1.43. The molecule has 0 fully saturated rings. The first-order valence-electron chi connectivity index (χ1n) is 7.23. The van der Waals surface area contributed by atoms with Gasteiger partial charge in [0.05, 0.1) is 17.3 Å². The van der Waals surface area contributed by atoms with E-state index in [-0.39, 0.29) is 11.3 Å². The number of carbonyl (C=O) groups is 1. The molecule has 2 N–H and O–H groups in total. The summed E-state index contributed by atoms with van der Waals surface area (Å²) in [7, 11) is 0. The first-order chi connectivity index (χ1) is 11.6. The molecular formula is C18H14ClN3O2. The van der Waals surface area contributed by atoms with Gasteiger partial charge in [0, 0.05) is 10.9 Å². The molecule has 0 aliphatic carbocycles. The van der Waals surface area contributed by atoms with Crippen molar-refractivity contribution in [2.45, 2.75) is 6.92 Å². The van der Waals surface area contributed by atoms with Gasteiger partial charge in [-0.2, -0.15) is 5.10 Å². The number of rotatable bonds is 3. The van der Waals surface area contributed by atoms with E-state index < -0.39 is 5.91 Å². The molecule has 5 nitrogen and oxygen atoms in total. The lowest BCUT2D eigenvalue weighted by molar-refractivity contribution is 0.0952. The number of amides is 1. The predicted molar refractivity (Wildman–Crippen MR) is 94.7 cm³/mol. The van der Waals surface area contributed by atoms with E-state index in [4.69, 9.17) is 11.6 Å². The molecule has 3 aromatic rings. The van der Waals surface area contributed by atoms with Gasteiger partial charge in [-0.15, -0.1) is 0 Å². The zero-order chi connectivity index (χ0) is 17.1. The molecule has 6 heteroatoms. The van der Waals surface area contributed by atoms with Crippen molar-refractivity contribution in [3.05, 3.63) is 70.4 Å². The van der Waals surface area contributed by atoms with Crippen LogP contribution in [0.4, 0.5) is 0 Å². The first kappa shape index (κ1) is 16.0. The van der Waals surface area contributed by atoms with E-state index >= 15 is 0 Å². The topological polar surface area (TPSA) is 74.6 Å². The maximum absolute atomic E-state index is 12.0. The average molecular weight is 340 g/mol. The number of nitrogens with zero attached hydrogens (tertiary/aromatic N) is 2. The van der Waals surface area contributed by atoms with Gasteiger partial charge in [0.15, 0.2) is 0 Å². The summed E-state index contributed by atoms with van der Waals surface area (Å²) in [5, 5.41) is 14.8. The van der Waals surface area contributed by atoms with Crippen LogP contribution >= 0.6 is 11.6 Å². The van der Waals surface area contributed by atoms with Crippen LogP contribution < -0.4 is 5.43 Å². The van der Waals surface area contributed by atoms with E-state index in [1.807, 2.05) is 31.2 Å². The molecule has 0 aliphatic heterocycles. The van der Waals surface area contributed by atoms with Crippen LogP contribution in [0.2, 0.25) is 5.15 Å². The fraction of sp³-hybridized carbons (Fsp3) is 0.0556. The molecule has 0 saturated heterocycles. The van der Waals surface area contributed by atoms with Gasteiger partial charge in [-0.25, -0.2) is 10.4 Å². The zero-order valence-electron chi connectivity index (χ0n) is 12.8. The number of fused-ring (bicyclic) bond motifs is 1. The minimum atomic E-state index is -0.509. The second kappa shape index (κ2) is 6.68. The molecule has 0 unspecified atom stereocenters. The lowest BCUT2D eigenvalue weighted by atomic mass is 10.1. The van der Waals surface area contributed by atoms with Gasteiger partial charge in [-0.3, -0.25) is 4.79 Å². The Bertz CT molecular complexity index is 954. The molecule has 0 bridgehead atoms. The number of aryl methyl sites for hydroxylation is 1. The lowest BCUT2D eigenvalue weighted by Gasteiger charge is -2.05. The van der Waals surface area contributed by atoms with Gasteiger partial charge in [-0.05, 0) is 30.7 Å². The number of hydrazone groups is 1. The van der Waals surface area contributed by atoms with Crippen molar-refractivity contribution in [1.82, 2.24) is 10.4 Å². The summed E-state index contributed by atoms with van der Waals surface area (Å²) in [5.41, 5.74) is 4.96. The van der Waals surface area contributed by atoms with Gasteiger partial charge in [-0.1, -0.05) is 41.9 Å². The van der Waals surface area contributed by atoms with Crippen LogP contribution in [0.25, 0.3) is 10.9 Å². The number of halogens is 1. The molecule has 24 heavy (non-hydrogen) atoms. The number of phenols is 1. The summed E-state index contributed by atoms with van der Waals surface area (Å²) in [5.74, 6) is -0.615. The number of aromatic hydroxyl groups is 1. The number of hydrogen-bond acceptors (Lipinski definition) is 4. The molecule has 0 radical (unpaired) electrons. The molecule has 1 amide bonds. The molecule has 0 atom stereocenters. The molecular weight excluding hydrogens is 326 g/mol. The van der Waals surface area contributed by atoms with Crippen LogP contribution in [-0.2, 0) is 0 Å². The summed E-state index contributed by atoms with van der Waals surface area (Å²) in [4.78, 5) is 16.3. The molecule has 120 valence electrons. The smallest absolute Gasteiger partial charge is 0.275 e. The van der Waals surface area contributed by atoms with Crippen molar-refractivity contribution in [2.75, 3.05) is 0 Å². The Balaban J connectivity index is 1.82. The van der Waals surface area contributed by atoms with Gasteiger partial charge in [0.25, 0.3) is 5.91 Å². The summed E-state index contributed by atoms with van der Waals surface area (Å²) < 4.78 is 0. The van der Waals surface area contributed by atoms with Gasteiger partial charge in [0.1, 0.15) is 10.9 Å². The first-order valence-corrected chi connectivity index (χ1v) is 7.61. The highest BCUT2D eigenvalue weighted by molar-refractivity contribution is 6.32. The van der Waals surface area contributed by atoms with E-state index in [1.165, 1.54) is 18.3 Å². The SMILES string of the molecule is Cc1cccc2cc(/C=N/NC(=O)c3ccccc3O)c(Cl)nc12. The van der Waals surface area contributed by atoms with Crippen molar-refractivity contribution < 1.29 is 9.90 Å². The Kier molecular flexibility index (Phi) is 4.44. The predicted octanol–water partition coefficient (Wildman–Crippen LogP) is 3.67. The number of carbonyl (C=O) groups excluding carboxylic acids is 1. The van der Waals surface area contributed by atoms with E-state index in [2.05, 4.69) is 15.5 Å². The molecule has 3 rings (SSSR count). The fourth-order valence-electron chi connectivity index (χ4n) is 2.32. The Labute approximate surface area is 143 Å². The van der Waals surface area contributed by atoms with Crippen LogP contribution in [0, 0.1) is 6.92 Å². The van der Waals surface area contributed by atoms with Gasteiger partial charge in [0.2, 0.25) is 0 Å². The van der Waals surface area contributed by atoms with Crippen molar-refractivity contribution >= 4 is 34.6 Å². The van der Waals surface area contributed by atoms with Crippen molar-refractivity contribution in [3.8, 4) is 5.75 Å². The number of para-hydroxylation sites is 2. The molecule has 0 saturated carbocycles. The van der Waals surface area contributed by atoms with Crippen LogP contribution in [0.5, 0.6) is 5.75 Å². The summed E-state index contributed by atoms with van der Waals surface area (Å²) in [6.45, 7) is 1.96. The van der Waals surface area contributed by atoms with Crippen LogP contribution in [-0.4, -0.2) is 22.2 Å². The van der Waals surface area contributed by atoms with Gasteiger partial charge < -0.3 is 5.11 Å². The number of benzene rings is 2. The third-order valence-electron chi connectivity index (χ3n) is 3.55. The largest absolute Gasteiger partial charge is 0.507 e. The van der Waals surface area contributed by atoms with Crippen LogP contribution in [0.15, 0.2) is 53.6 Å². The Morgan fingerprint density at radius 1 is 1.25 bits per heavy atom. The highest BCUT2D eigenvalue weighted by Gasteiger charge is 2.09. The Hall–Kier alpha value is -2.92. The molecule has 0 spiro atoms. The normalized spacial score (nSPS) is 11.1. The highest BCUT2D eigenvalue weighted by Crippen LogP contribution is 2.22. The number of hydrogen-bond donors (Lipinski definition) is 2. The quantitative estimate of drug-likeness (QED) is 0.434. The Morgan fingerprint density at radius 3 is 2.83 bits per heavy atom. The second-order valence-corrected chi connectivity index (χ2v) is 5.59. The molecule has 2 aromatic carbocycles. The number of phenolic OH excluding ortho intramolecular Hbond substituents is 1. The van der Waals surface area contributed by atoms with E-state index in [1.54, 1.807) is 12.1 Å². The van der Waals surface area contributed by atoms with Crippen molar-refractivity contribution in [2.24, 2.45) is 5.10 Å². The van der Waals surface area contributed by atoms with Crippen molar-refractivity contribution in [3.63, 3.8) is 0 Å². The monoisotopic (exact) mass is 339 g/mol. The average Bonchev–Trinajstić information content (AvgIpc) is 2.56. The third kappa shape index (κ3) is 3.21. The maximum Gasteiger partial charge on any atom is 0.275 e. The minimum absolute atomic E-state index is 0.105. The maximum atomic E-state index is 12.0. The Morgan fingerprint density at radius 2 is 2.04 bits per heavy atom. The number of aromatic nitrogens is 1. The van der Waals surface area contributed by atoms with E-state index in [0.717, 1.165) is 16.5 Å². The van der Waals surface area contributed by atoms with Crippen LogP contribution in [0.3, 0.4) is 0 Å². The van der Waals surface area contributed by atoms with Crippen molar-refractivity contribution in [1.29, 1.82) is 0 Å². The standard InChI is InChI=1S/C18H14ClN3O2/c1-11-5-4-6-12-9-13(17(19)21-16(11)12)10-20-22-18(24)14-7-2-3-8-15(14)23/h2-10,23H,1H3,(H,22,24)/b20-10+. The van der Waals surface area contributed by atoms with Gasteiger partial charge >= 0.3 is 0 Å². The lowest BCUT2D eigenvalue weighted by Crippen LogP contribution is -2.17. The zero-order valence-corrected chi connectivity index (χ0v) is 13.6. The fourth-order valence-corrected chi connectivity index (χ4v) is 2.51.